The van der Waals surface area contributed by atoms with Crippen LogP contribution in [0.2, 0.25) is 0 Å². The molecule has 15 heavy (non-hydrogen) atoms. The maximum Gasteiger partial charge on any atom is 0.0587 e. The monoisotopic (exact) mass is 211 g/mol. The van der Waals surface area contributed by atoms with Crippen molar-refractivity contribution in [1.29, 1.82) is 0 Å². The third-order valence-electron chi connectivity index (χ3n) is 2.58. The molecule has 0 bridgehead atoms. The lowest BCUT2D eigenvalue weighted by molar-refractivity contribution is 0.210. The Balaban J connectivity index is 2.41. The van der Waals surface area contributed by atoms with E-state index in [2.05, 4.69) is 31.2 Å². The maximum absolute atomic E-state index is 9.14. The molecule has 0 aliphatic rings. The number of rotatable bonds is 6. The first-order valence-corrected chi connectivity index (χ1v) is 5.53. The number of hydrogen-bond donors (Lipinski definition) is 2. The van der Waals surface area contributed by atoms with E-state index in [4.69, 9.17) is 5.11 Å². The van der Waals surface area contributed by atoms with Crippen molar-refractivity contribution in [2.45, 2.75) is 39.9 Å². The summed E-state index contributed by atoms with van der Waals surface area (Å²) in [7, 11) is 0. The van der Waals surface area contributed by atoms with E-state index in [1.807, 2.05) is 17.1 Å². The van der Waals surface area contributed by atoms with Gasteiger partial charge in [-0.2, -0.15) is 5.10 Å². The van der Waals surface area contributed by atoms with Crippen LogP contribution in [0.15, 0.2) is 12.4 Å². The molecule has 0 saturated carbocycles. The van der Waals surface area contributed by atoms with Crippen LogP contribution in [0.3, 0.4) is 0 Å². The van der Waals surface area contributed by atoms with Crippen molar-refractivity contribution in [2.75, 3.05) is 6.61 Å². The van der Waals surface area contributed by atoms with Crippen LogP contribution in [0, 0.1) is 5.92 Å². The topological polar surface area (TPSA) is 50.1 Å². The summed E-state index contributed by atoms with van der Waals surface area (Å²) in [6.45, 7) is 8.11. The van der Waals surface area contributed by atoms with Gasteiger partial charge in [-0.3, -0.25) is 4.68 Å². The molecule has 1 heterocycles. The molecule has 1 aromatic heterocycles. The molecular formula is C11H21N3O. The Kier molecular flexibility index (Phi) is 4.78. The normalized spacial score (nSPS) is 13.4. The van der Waals surface area contributed by atoms with E-state index in [1.54, 1.807) is 0 Å². The van der Waals surface area contributed by atoms with Crippen molar-refractivity contribution in [1.82, 2.24) is 15.1 Å². The van der Waals surface area contributed by atoms with Gasteiger partial charge in [-0.15, -0.1) is 0 Å². The zero-order valence-electron chi connectivity index (χ0n) is 9.77. The van der Waals surface area contributed by atoms with Gasteiger partial charge >= 0.3 is 0 Å². The van der Waals surface area contributed by atoms with Crippen molar-refractivity contribution in [3.8, 4) is 0 Å². The van der Waals surface area contributed by atoms with Gasteiger partial charge < -0.3 is 10.4 Å². The van der Waals surface area contributed by atoms with Gasteiger partial charge in [0.2, 0.25) is 0 Å². The van der Waals surface area contributed by atoms with E-state index in [0.717, 1.165) is 18.7 Å². The average molecular weight is 211 g/mol. The second kappa shape index (κ2) is 5.88. The van der Waals surface area contributed by atoms with Crippen LogP contribution in [-0.4, -0.2) is 27.5 Å². The summed E-state index contributed by atoms with van der Waals surface area (Å²) >= 11 is 0. The Hall–Kier alpha value is -0.870. The van der Waals surface area contributed by atoms with Gasteiger partial charge in [0.1, 0.15) is 0 Å². The zero-order chi connectivity index (χ0) is 11.3. The predicted octanol–water partition coefficient (Wildman–Crippen LogP) is 1.01. The lowest BCUT2D eigenvalue weighted by atomic mass is 10.1. The Morgan fingerprint density at radius 2 is 2.27 bits per heavy atom. The highest BCUT2D eigenvalue weighted by molar-refractivity contribution is 5.03. The summed E-state index contributed by atoms with van der Waals surface area (Å²) in [5.41, 5.74) is 1.16. The number of aromatic nitrogens is 2. The molecule has 0 aliphatic carbocycles. The summed E-state index contributed by atoms with van der Waals surface area (Å²) in [5.74, 6) is 0.441. The molecule has 0 aromatic carbocycles. The fourth-order valence-electron chi connectivity index (χ4n) is 1.43. The van der Waals surface area contributed by atoms with Gasteiger partial charge in [-0.1, -0.05) is 13.8 Å². The third kappa shape index (κ3) is 3.64. The predicted molar refractivity (Wildman–Crippen MR) is 60.5 cm³/mol. The smallest absolute Gasteiger partial charge is 0.0587 e. The molecule has 2 N–H and O–H groups in total. The molecule has 4 nitrogen and oxygen atoms in total. The molecule has 4 heteroatoms. The number of nitrogens with one attached hydrogen (secondary N) is 1. The molecule has 0 spiro atoms. The van der Waals surface area contributed by atoms with Gasteiger partial charge in [-0.25, -0.2) is 0 Å². The summed E-state index contributed by atoms with van der Waals surface area (Å²) < 4.78 is 1.90. The van der Waals surface area contributed by atoms with Crippen molar-refractivity contribution in [2.24, 2.45) is 5.92 Å². The lowest BCUT2D eigenvalue weighted by Crippen LogP contribution is -2.36. The van der Waals surface area contributed by atoms with Crippen molar-refractivity contribution in [3.63, 3.8) is 0 Å². The van der Waals surface area contributed by atoms with Crippen LogP contribution in [-0.2, 0) is 13.1 Å². The van der Waals surface area contributed by atoms with Crippen LogP contribution >= 0.6 is 0 Å². The fraction of sp³-hybridized carbons (Fsp3) is 0.727. The van der Waals surface area contributed by atoms with E-state index in [-0.39, 0.29) is 12.6 Å². The van der Waals surface area contributed by atoms with Crippen LogP contribution in [0.5, 0.6) is 0 Å². The van der Waals surface area contributed by atoms with Crippen molar-refractivity contribution in [3.05, 3.63) is 18.0 Å². The van der Waals surface area contributed by atoms with Crippen LogP contribution in [0.25, 0.3) is 0 Å². The Bertz CT molecular complexity index is 283. The number of aliphatic hydroxyl groups is 1. The molecule has 86 valence electrons. The maximum atomic E-state index is 9.14. The van der Waals surface area contributed by atoms with Gasteiger partial charge in [0.05, 0.1) is 12.8 Å². The minimum Gasteiger partial charge on any atom is -0.395 e. The van der Waals surface area contributed by atoms with E-state index in [1.165, 1.54) is 0 Å². The van der Waals surface area contributed by atoms with Crippen molar-refractivity contribution < 1.29 is 5.11 Å². The Labute approximate surface area is 91.3 Å². The van der Waals surface area contributed by atoms with E-state index < -0.39 is 0 Å². The highest BCUT2D eigenvalue weighted by Crippen LogP contribution is 2.03. The average Bonchev–Trinajstić information content (AvgIpc) is 2.66. The van der Waals surface area contributed by atoms with Crippen LogP contribution < -0.4 is 5.32 Å². The first kappa shape index (κ1) is 12.2. The molecule has 0 aliphatic heterocycles. The first-order valence-electron chi connectivity index (χ1n) is 5.53. The zero-order valence-corrected chi connectivity index (χ0v) is 9.77. The number of aryl methyl sites for hydroxylation is 1. The van der Waals surface area contributed by atoms with Gasteiger partial charge in [0.15, 0.2) is 0 Å². The number of nitrogens with zero attached hydrogens (tertiary/aromatic N) is 2. The van der Waals surface area contributed by atoms with Gasteiger partial charge in [-0.05, 0) is 12.8 Å². The molecular weight excluding hydrogens is 190 g/mol. The second-order valence-electron chi connectivity index (χ2n) is 4.12. The summed E-state index contributed by atoms with van der Waals surface area (Å²) in [6, 6.07) is 0.162. The highest BCUT2D eigenvalue weighted by Gasteiger charge is 2.11. The summed E-state index contributed by atoms with van der Waals surface area (Å²) in [6.07, 6.45) is 3.90. The van der Waals surface area contributed by atoms with Gasteiger partial charge in [0.25, 0.3) is 0 Å². The minimum absolute atomic E-state index is 0.162. The summed E-state index contributed by atoms with van der Waals surface area (Å²) in [5, 5.41) is 16.7. The van der Waals surface area contributed by atoms with E-state index in [0.29, 0.717) is 5.92 Å². The molecule has 1 aromatic rings. The highest BCUT2D eigenvalue weighted by atomic mass is 16.3. The summed E-state index contributed by atoms with van der Waals surface area (Å²) in [4.78, 5) is 0. The minimum atomic E-state index is 0.162. The van der Waals surface area contributed by atoms with Crippen LogP contribution in [0.1, 0.15) is 26.3 Å². The molecule has 0 fully saturated rings. The van der Waals surface area contributed by atoms with Gasteiger partial charge in [0, 0.05) is 30.9 Å². The van der Waals surface area contributed by atoms with Crippen molar-refractivity contribution >= 4 is 0 Å². The first-order chi connectivity index (χ1) is 7.17. The molecule has 1 atom stereocenters. The third-order valence-corrected chi connectivity index (χ3v) is 2.58. The lowest BCUT2D eigenvalue weighted by Gasteiger charge is -2.19. The molecule has 0 amide bonds. The SMILES string of the molecule is CCn1cc(CNC(CO)C(C)C)cn1. The number of hydrogen-bond acceptors (Lipinski definition) is 3. The second-order valence-corrected chi connectivity index (χ2v) is 4.12. The molecule has 0 radical (unpaired) electrons. The number of aliphatic hydroxyl groups excluding tert-OH is 1. The molecule has 1 unspecified atom stereocenters. The Morgan fingerprint density at radius 3 is 2.73 bits per heavy atom. The quantitative estimate of drug-likeness (QED) is 0.738. The largest absolute Gasteiger partial charge is 0.395 e. The standard InChI is InChI=1S/C11H21N3O/c1-4-14-7-10(6-13-14)5-12-11(8-15)9(2)3/h6-7,9,11-12,15H,4-5,8H2,1-3H3. The molecule has 0 saturated heterocycles. The van der Waals surface area contributed by atoms with E-state index in [9.17, 15) is 0 Å². The van der Waals surface area contributed by atoms with Crippen LogP contribution in [0.4, 0.5) is 0 Å². The molecule has 1 rings (SSSR count). The Morgan fingerprint density at radius 1 is 1.53 bits per heavy atom. The fourth-order valence-corrected chi connectivity index (χ4v) is 1.43. The van der Waals surface area contributed by atoms with E-state index >= 15 is 0 Å².